The van der Waals surface area contributed by atoms with Crippen LogP contribution in [0, 0.1) is 5.82 Å². The van der Waals surface area contributed by atoms with Gasteiger partial charge in [-0.25, -0.2) is 9.37 Å². The summed E-state index contributed by atoms with van der Waals surface area (Å²) in [5.41, 5.74) is -0.723. The Labute approximate surface area is 112 Å². The highest BCUT2D eigenvalue weighted by Crippen LogP contribution is 2.37. The third-order valence-electron chi connectivity index (χ3n) is 3.54. The second kappa shape index (κ2) is 4.61. The van der Waals surface area contributed by atoms with Crippen LogP contribution in [-0.2, 0) is 9.31 Å². The zero-order chi connectivity index (χ0) is 14.3. The Balaban J connectivity index is 2.13. The zero-order valence-corrected chi connectivity index (χ0v) is 11.5. The van der Waals surface area contributed by atoms with Crippen LogP contribution in [0.1, 0.15) is 33.4 Å². The van der Waals surface area contributed by atoms with E-state index in [9.17, 15) is 4.39 Å². The monoisotopic (exact) mass is 265 g/mol. The van der Waals surface area contributed by atoms with E-state index in [1.54, 1.807) is 5.98 Å². The van der Waals surface area contributed by atoms with Crippen molar-refractivity contribution in [2.75, 3.05) is 0 Å². The van der Waals surface area contributed by atoms with E-state index in [1.165, 1.54) is 12.3 Å². The first-order valence-electron chi connectivity index (χ1n) is 6.10. The van der Waals surface area contributed by atoms with E-state index in [4.69, 9.17) is 14.4 Å². The van der Waals surface area contributed by atoms with Crippen LogP contribution in [0.15, 0.2) is 18.2 Å². The van der Waals surface area contributed by atoms with Crippen LogP contribution in [0.4, 0.5) is 4.39 Å². The highest BCUT2D eigenvalue weighted by molar-refractivity contribution is 6.52. The van der Waals surface area contributed by atoms with Crippen molar-refractivity contribution in [3.63, 3.8) is 0 Å². The largest absolute Gasteiger partial charge is 0.506 e. The molecule has 0 atom stereocenters. The van der Waals surface area contributed by atoms with Crippen LogP contribution in [0.5, 0.6) is 5.75 Å². The van der Waals surface area contributed by atoms with Crippen LogP contribution >= 0.6 is 0 Å². The maximum absolute atomic E-state index is 13.5. The minimum absolute atomic E-state index is 0.132. The van der Waals surface area contributed by atoms with Gasteiger partial charge in [0.05, 0.1) is 23.1 Å². The standard InChI is InChI=1S/C13H17BFNO3/c1-12(2)13(3,4)19-14(18-12)6-5-11-10(15)7-9(17)8-16-11/h5-8,17H,1-4H3/b6-5+. The fourth-order valence-corrected chi connectivity index (χ4v) is 1.70. The van der Waals surface area contributed by atoms with Crippen molar-refractivity contribution in [1.29, 1.82) is 0 Å². The number of rotatable bonds is 2. The highest BCUT2D eigenvalue weighted by Gasteiger charge is 2.50. The number of hydrogen-bond donors (Lipinski definition) is 1. The molecule has 1 aliphatic heterocycles. The van der Waals surface area contributed by atoms with Gasteiger partial charge in [0.1, 0.15) is 5.75 Å². The average molecular weight is 265 g/mol. The normalized spacial score (nSPS) is 21.2. The molecular weight excluding hydrogens is 248 g/mol. The minimum atomic E-state index is -0.590. The summed E-state index contributed by atoms with van der Waals surface area (Å²) in [6, 6.07) is 1.01. The molecular formula is C13H17BFNO3. The third kappa shape index (κ3) is 2.79. The minimum Gasteiger partial charge on any atom is -0.506 e. The SMILES string of the molecule is CC1(C)OB(/C=C/c2ncc(O)cc2F)OC1(C)C. The van der Waals surface area contributed by atoms with E-state index < -0.39 is 24.1 Å². The van der Waals surface area contributed by atoms with Gasteiger partial charge in [0.2, 0.25) is 0 Å². The molecule has 0 aliphatic carbocycles. The summed E-state index contributed by atoms with van der Waals surface area (Å²) in [7, 11) is -0.542. The molecule has 1 saturated heterocycles. The Kier molecular flexibility index (Phi) is 3.41. The predicted molar refractivity (Wildman–Crippen MR) is 71.0 cm³/mol. The van der Waals surface area contributed by atoms with Gasteiger partial charge in [-0.05, 0) is 33.8 Å². The van der Waals surface area contributed by atoms with Gasteiger partial charge in [-0.1, -0.05) is 5.98 Å². The Morgan fingerprint density at radius 1 is 1.26 bits per heavy atom. The smallest absolute Gasteiger partial charge is 0.487 e. The lowest BCUT2D eigenvalue weighted by Gasteiger charge is -2.32. The second-order valence-electron chi connectivity index (χ2n) is 5.54. The number of aromatic hydroxyl groups is 1. The summed E-state index contributed by atoms with van der Waals surface area (Å²) in [6.07, 6.45) is 2.67. The van der Waals surface area contributed by atoms with Crippen molar-refractivity contribution < 1.29 is 18.8 Å². The van der Waals surface area contributed by atoms with Gasteiger partial charge in [0.15, 0.2) is 5.82 Å². The van der Waals surface area contributed by atoms with Gasteiger partial charge in [0, 0.05) is 6.07 Å². The molecule has 2 heterocycles. The molecule has 0 bridgehead atoms. The first kappa shape index (κ1) is 14.0. The van der Waals surface area contributed by atoms with E-state index >= 15 is 0 Å². The lowest BCUT2D eigenvalue weighted by Crippen LogP contribution is -2.41. The van der Waals surface area contributed by atoms with Crippen molar-refractivity contribution in [2.45, 2.75) is 38.9 Å². The number of aromatic nitrogens is 1. The van der Waals surface area contributed by atoms with Crippen LogP contribution in [0.25, 0.3) is 6.08 Å². The molecule has 19 heavy (non-hydrogen) atoms. The van der Waals surface area contributed by atoms with Crippen molar-refractivity contribution >= 4 is 13.2 Å². The molecule has 1 aromatic heterocycles. The van der Waals surface area contributed by atoms with E-state index in [-0.39, 0.29) is 11.4 Å². The maximum Gasteiger partial charge on any atom is 0.487 e. The summed E-state index contributed by atoms with van der Waals surface area (Å²) in [6.45, 7) is 7.78. The molecule has 0 spiro atoms. The van der Waals surface area contributed by atoms with Crippen LogP contribution in [0.2, 0.25) is 0 Å². The molecule has 1 aliphatic rings. The quantitative estimate of drug-likeness (QED) is 0.835. The Hall–Kier alpha value is -1.40. The van der Waals surface area contributed by atoms with Gasteiger partial charge in [-0.2, -0.15) is 0 Å². The predicted octanol–water partition coefficient (Wildman–Crippen LogP) is 2.57. The number of halogens is 1. The lowest BCUT2D eigenvalue weighted by molar-refractivity contribution is 0.00578. The van der Waals surface area contributed by atoms with Gasteiger partial charge in [-0.3, -0.25) is 0 Å². The topological polar surface area (TPSA) is 51.6 Å². The van der Waals surface area contributed by atoms with Crippen molar-refractivity contribution in [3.8, 4) is 5.75 Å². The van der Waals surface area contributed by atoms with Crippen LogP contribution < -0.4 is 0 Å². The van der Waals surface area contributed by atoms with E-state index in [1.807, 2.05) is 27.7 Å². The number of hydrogen-bond acceptors (Lipinski definition) is 4. The molecule has 1 N–H and O–H groups in total. The molecule has 6 heteroatoms. The first-order valence-corrected chi connectivity index (χ1v) is 6.10. The molecule has 0 amide bonds. The molecule has 1 fully saturated rings. The molecule has 4 nitrogen and oxygen atoms in total. The fourth-order valence-electron chi connectivity index (χ4n) is 1.70. The molecule has 102 valence electrons. The van der Waals surface area contributed by atoms with E-state index in [0.29, 0.717) is 0 Å². The molecule has 1 aromatic rings. The van der Waals surface area contributed by atoms with Crippen molar-refractivity contribution in [3.05, 3.63) is 29.7 Å². The Morgan fingerprint density at radius 2 is 1.84 bits per heavy atom. The average Bonchev–Trinajstić information content (AvgIpc) is 2.46. The van der Waals surface area contributed by atoms with Gasteiger partial charge >= 0.3 is 7.12 Å². The second-order valence-corrected chi connectivity index (χ2v) is 5.54. The summed E-state index contributed by atoms with van der Waals surface area (Å²) in [5, 5.41) is 9.08. The van der Waals surface area contributed by atoms with Crippen LogP contribution in [0.3, 0.4) is 0 Å². The summed E-state index contributed by atoms with van der Waals surface area (Å²) < 4.78 is 25.0. The van der Waals surface area contributed by atoms with Gasteiger partial charge in [-0.15, -0.1) is 0 Å². The molecule has 2 rings (SSSR count). The van der Waals surface area contributed by atoms with E-state index in [0.717, 1.165) is 6.07 Å². The number of pyridine rings is 1. The first-order chi connectivity index (χ1) is 8.71. The summed E-state index contributed by atoms with van der Waals surface area (Å²) in [4.78, 5) is 3.79. The van der Waals surface area contributed by atoms with Crippen LogP contribution in [-0.4, -0.2) is 28.4 Å². The van der Waals surface area contributed by atoms with E-state index in [2.05, 4.69) is 4.98 Å². The Morgan fingerprint density at radius 3 is 2.37 bits per heavy atom. The maximum atomic E-state index is 13.5. The van der Waals surface area contributed by atoms with Gasteiger partial charge in [0.25, 0.3) is 0 Å². The molecule has 0 aromatic carbocycles. The van der Waals surface area contributed by atoms with Crippen molar-refractivity contribution in [1.82, 2.24) is 4.98 Å². The molecule has 0 saturated carbocycles. The lowest BCUT2D eigenvalue weighted by atomic mass is 9.89. The zero-order valence-electron chi connectivity index (χ0n) is 11.5. The Bertz CT molecular complexity index is 501. The fraction of sp³-hybridized carbons (Fsp3) is 0.462. The highest BCUT2D eigenvalue weighted by atomic mass is 19.1. The number of nitrogens with zero attached hydrogens (tertiary/aromatic N) is 1. The van der Waals surface area contributed by atoms with Gasteiger partial charge < -0.3 is 14.4 Å². The molecule has 0 radical (unpaired) electrons. The third-order valence-corrected chi connectivity index (χ3v) is 3.54. The molecule has 0 unspecified atom stereocenters. The summed E-state index contributed by atoms with van der Waals surface area (Å²) >= 11 is 0. The summed E-state index contributed by atoms with van der Waals surface area (Å²) in [5.74, 6) is 0.817. The van der Waals surface area contributed by atoms with Crippen molar-refractivity contribution in [2.24, 2.45) is 0 Å².